The first-order valence-electron chi connectivity index (χ1n) is 45.0. The van der Waals surface area contributed by atoms with Crippen molar-refractivity contribution in [1.82, 2.24) is 150 Å². The molecule has 15 aromatic heterocycles. The van der Waals surface area contributed by atoms with Crippen LogP contribution in [0.3, 0.4) is 0 Å². The number of hydrogen-bond acceptors (Lipinski definition) is 35. The van der Waals surface area contributed by atoms with Crippen LogP contribution >= 0.6 is 27.5 Å². The first-order valence-corrected chi connectivity index (χ1v) is 46.2. The number of carbonyl (C=O) groups excluding carboxylic acids is 4. The molecule has 0 spiro atoms. The van der Waals surface area contributed by atoms with Crippen LogP contribution in [-0.2, 0) is 0 Å². The van der Waals surface area contributed by atoms with Gasteiger partial charge in [-0.2, -0.15) is 0 Å². The minimum Gasteiger partial charge on any atom is -0.490 e. The maximum atomic E-state index is 12.4. The molecule has 1 amide bonds. The minimum absolute atomic E-state index is 0.0162. The van der Waals surface area contributed by atoms with Crippen LogP contribution in [0, 0.1) is 260 Å². The summed E-state index contributed by atoms with van der Waals surface area (Å²) < 4.78 is 18.6. The average molecular weight is 2060 g/mol. The van der Waals surface area contributed by atoms with E-state index in [-0.39, 0.29) is 17.4 Å². The normalized spacial score (nSPS) is 9.53. The Labute approximate surface area is 864 Å². The van der Waals surface area contributed by atoms with Gasteiger partial charge in [0.15, 0.2) is 29.4 Å². The molecule has 0 aliphatic rings. The molecule has 0 saturated heterocycles. The molecular weight excluding hydrogens is 1920 g/mol. The van der Waals surface area contributed by atoms with Gasteiger partial charge in [-0.3, -0.25) is 29.1 Å². The fourth-order valence-electron chi connectivity index (χ4n) is 10.5. The molecule has 764 valence electrons. The number of Topliss-reactive ketones (excluding diaryl/α,β-unsaturated/α-hetero) is 2. The third-order valence-electron chi connectivity index (χ3n) is 18.8. The standard InChI is InChI=1S/2C8H10N2O.C8H12N2O.C8H8N2.C7H9N3O.C7H7N3.C7H8N2O.4C7H10N2.C6H7BrN2.C6H7ClN2.C6H7FN2.C6H8N2/c2*1-5-8(6(2)11)4-9-7(3)10-5;1-4-11-8-5-9-7(3)10-6(8)2;1-4-8-5-9-7(3)10-6(8)2;1-4-6(7(8)11)3-9-5(2)10-4;1-5-7(8-3)4-9-6(2)10-5;1-5-7(4-10)3-8-6(2)9-5;4*1-5-4-8-7(3)9-6(5)2;3*1-4-6(7)3-8-5(2)9-4;1-5-3-4-7-6(2)8-5/h2*4H,1-3H3;5H,4H2,1-3H3;1,5H,2-3H3;3H,1-2H3,(H2,8,11);4H,1-2H3;3-4H,1-2H3;4*4H,1-3H3;3*3H,1-2H3;3-4H,1-2H3. The van der Waals surface area contributed by atoms with E-state index in [2.05, 4.69) is 176 Å². The van der Waals surface area contributed by atoms with Gasteiger partial charge in [-0.15, -0.1) is 6.42 Å². The lowest BCUT2D eigenvalue weighted by Crippen LogP contribution is -2.14. The molecule has 0 atom stereocenters. The van der Waals surface area contributed by atoms with Crippen LogP contribution in [0.5, 0.6) is 5.75 Å². The summed E-state index contributed by atoms with van der Waals surface area (Å²) in [5.74, 6) is 13.9. The van der Waals surface area contributed by atoms with Crippen molar-refractivity contribution in [2.75, 3.05) is 6.61 Å². The van der Waals surface area contributed by atoms with Crippen molar-refractivity contribution in [3.05, 3.63) is 349 Å². The smallest absolute Gasteiger partial charge is 0.252 e. The van der Waals surface area contributed by atoms with Gasteiger partial charge >= 0.3 is 0 Å². The van der Waals surface area contributed by atoms with Crippen LogP contribution in [0.2, 0.25) is 5.02 Å². The zero-order chi connectivity index (χ0) is 110. The number of aromatic nitrogens is 30. The molecule has 40 heteroatoms. The van der Waals surface area contributed by atoms with Gasteiger partial charge in [0.25, 0.3) is 5.91 Å². The molecule has 0 unspecified atom stereocenters. The van der Waals surface area contributed by atoms with Crippen LogP contribution in [0.4, 0.5) is 10.1 Å². The highest BCUT2D eigenvalue weighted by atomic mass is 79.9. The predicted molar refractivity (Wildman–Crippen MR) is 563 cm³/mol. The summed E-state index contributed by atoms with van der Waals surface area (Å²) in [5.41, 5.74) is 26.1. The van der Waals surface area contributed by atoms with Gasteiger partial charge in [0, 0.05) is 115 Å². The summed E-state index contributed by atoms with van der Waals surface area (Å²) in [6, 6.07) is 1.88. The van der Waals surface area contributed by atoms with Crippen molar-refractivity contribution in [2.24, 2.45) is 5.73 Å². The Balaban J connectivity index is 0.000000777. The van der Waals surface area contributed by atoms with E-state index in [0.29, 0.717) is 85.9 Å². The van der Waals surface area contributed by atoms with Crippen LogP contribution in [0.15, 0.2) is 103 Å². The van der Waals surface area contributed by atoms with E-state index < -0.39 is 5.91 Å². The van der Waals surface area contributed by atoms with Gasteiger partial charge in [-0.05, 0) is 300 Å². The van der Waals surface area contributed by atoms with Gasteiger partial charge in [0.05, 0.1) is 114 Å². The van der Waals surface area contributed by atoms with E-state index in [1.165, 1.54) is 32.4 Å². The van der Waals surface area contributed by atoms with Crippen molar-refractivity contribution in [1.29, 1.82) is 0 Å². The molecule has 0 aliphatic carbocycles. The van der Waals surface area contributed by atoms with E-state index in [1.54, 1.807) is 112 Å². The Morgan fingerprint density at radius 3 is 0.924 bits per heavy atom. The van der Waals surface area contributed by atoms with Gasteiger partial charge in [0.1, 0.15) is 87.4 Å². The second-order valence-electron chi connectivity index (χ2n) is 31.7. The summed E-state index contributed by atoms with van der Waals surface area (Å²) in [6.07, 6.45) is 30.7. The molecule has 0 fully saturated rings. The quantitative estimate of drug-likeness (QED) is 0.0699. The Morgan fingerprint density at radius 2 is 0.655 bits per heavy atom. The zero-order valence-electron chi connectivity index (χ0n) is 90.2. The number of hydrogen-bond donors (Lipinski definition) is 1. The number of amides is 1. The Morgan fingerprint density at radius 1 is 0.359 bits per heavy atom. The van der Waals surface area contributed by atoms with Gasteiger partial charge in [0.2, 0.25) is 5.69 Å². The number of aryl methyl sites for hydroxylation is 34. The number of nitrogens with zero attached hydrogens (tertiary/aromatic N) is 31. The number of aldehydes is 1. The van der Waals surface area contributed by atoms with Crippen LogP contribution in [0.1, 0.15) is 263 Å². The summed E-state index contributed by atoms with van der Waals surface area (Å²) in [6.45, 7) is 76.0. The van der Waals surface area contributed by atoms with E-state index in [0.717, 1.165) is 171 Å². The highest BCUT2D eigenvalue weighted by Gasteiger charge is 2.10. The number of halogens is 3. The van der Waals surface area contributed by atoms with Gasteiger partial charge in [-0.25, -0.2) is 149 Å². The summed E-state index contributed by atoms with van der Waals surface area (Å²) in [5, 5.41) is 0.626. The molecular formula is C105H133BrClFN32O5. The number of nitrogens with two attached hydrogens (primary N) is 1. The highest BCUT2D eigenvalue weighted by Crippen LogP contribution is 2.17. The van der Waals surface area contributed by atoms with Crippen LogP contribution in [-0.4, -0.2) is 180 Å². The third-order valence-corrected chi connectivity index (χ3v) is 20.0. The molecule has 0 bridgehead atoms. The Hall–Kier alpha value is -15.8. The molecule has 15 heterocycles. The molecule has 15 aromatic rings. The summed E-state index contributed by atoms with van der Waals surface area (Å²) in [4.78, 5) is 166. The number of ketones is 2. The first kappa shape index (κ1) is 127. The summed E-state index contributed by atoms with van der Waals surface area (Å²) in [7, 11) is 0. The Bertz CT molecular complexity index is 6130. The lowest BCUT2D eigenvalue weighted by atomic mass is 10.2. The van der Waals surface area contributed by atoms with Crippen molar-refractivity contribution >= 4 is 57.0 Å². The molecule has 2 N–H and O–H groups in total. The third kappa shape index (κ3) is 52.5. The molecule has 0 saturated carbocycles. The van der Waals surface area contributed by atoms with Crippen molar-refractivity contribution in [3.63, 3.8) is 0 Å². The topological polar surface area (TPSA) is 495 Å². The van der Waals surface area contributed by atoms with Crippen molar-refractivity contribution < 1.29 is 28.3 Å². The lowest BCUT2D eigenvalue weighted by molar-refractivity contribution is 0.0993. The Kier molecular flexibility index (Phi) is 58.6. The molecule has 145 heavy (non-hydrogen) atoms. The lowest BCUT2D eigenvalue weighted by Gasteiger charge is -2.04. The number of rotatable bonds is 6. The SMILES string of the molecule is C#Cc1cnc(C)nc1C.CC(=O)c1cnc(C)nc1C.CC(=O)c1cnc(C)nc1C.CCOc1cnc(C)nc1C.Cc1ccnc(C)n1.Cc1ncc(Br)c(C)n1.Cc1ncc(C(N)=O)c(C)n1.Cc1ncc(C)c(C)n1.Cc1ncc(C)c(C)n1.Cc1ncc(C)c(C)n1.Cc1ncc(C)c(C)n1.Cc1ncc(C=O)c(C)n1.Cc1ncc(Cl)c(C)n1.Cc1ncc(F)c(C)n1.[C-]#[N+]c1cnc(C)nc1C. The van der Waals surface area contributed by atoms with Crippen LogP contribution < -0.4 is 10.5 Å². The molecule has 15 rings (SSSR count). The van der Waals surface area contributed by atoms with Crippen LogP contribution in [0.25, 0.3) is 4.85 Å². The molecule has 0 aliphatic heterocycles. The maximum Gasteiger partial charge on any atom is 0.252 e. The number of terminal acetylenes is 1. The predicted octanol–water partition coefficient (Wildman–Crippen LogP) is 19.4. The monoisotopic (exact) mass is 2050 g/mol. The van der Waals surface area contributed by atoms with E-state index in [4.69, 9.17) is 35.1 Å². The fourth-order valence-corrected chi connectivity index (χ4v) is 10.8. The molecule has 0 radical (unpaired) electrons. The summed E-state index contributed by atoms with van der Waals surface area (Å²) >= 11 is 8.96. The number of carbonyl (C=O) groups is 4. The van der Waals surface area contributed by atoms with Crippen molar-refractivity contribution in [2.45, 2.75) is 256 Å². The largest absolute Gasteiger partial charge is 0.490 e. The van der Waals surface area contributed by atoms with E-state index in [9.17, 15) is 23.6 Å². The second kappa shape index (κ2) is 66.8. The highest BCUT2D eigenvalue weighted by molar-refractivity contribution is 9.10. The zero-order valence-corrected chi connectivity index (χ0v) is 92.6. The van der Waals surface area contributed by atoms with Crippen molar-refractivity contribution in [3.8, 4) is 18.1 Å². The van der Waals surface area contributed by atoms with E-state index >= 15 is 0 Å². The van der Waals surface area contributed by atoms with Gasteiger partial charge in [-0.1, -0.05) is 17.5 Å². The first-order chi connectivity index (χ1) is 67.9. The maximum absolute atomic E-state index is 12.4. The fraction of sp³-hybridized carbons (Fsp3) is 0.362. The minimum atomic E-state index is -0.484. The number of ether oxygens (including phenoxy) is 1. The average Bonchev–Trinajstić information content (AvgIpc) is 0.866. The number of primary amides is 1. The van der Waals surface area contributed by atoms with Gasteiger partial charge < -0.3 is 10.5 Å². The second-order valence-corrected chi connectivity index (χ2v) is 33.0. The molecule has 37 nitrogen and oxygen atoms in total. The van der Waals surface area contributed by atoms with E-state index in [1.807, 2.05) is 211 Å². The molecule has 0 aromatic carbocycles.